The maximum Gasteiger partial charge on any atom is 0.242 e. The van der Waals surface area contributed by atoms with Crippen molar-refractivity contribution in [2.24, 2.45) is 0 Å². The molecular formula is C24H31BrN2O2. The second kappa shape index (κ2) is 10.6. The van der Waals surface area contributed by atoms with Gasteiger partial charge < -0.3 is 10.2 Å². The smallest absolute Gasteiger partial charge is 0.242 e. The van der Waals surface area contributed by atoms with Crippen LogP contribution < -0.4 is 5.32 Å². The number of carbonyl (C=O) groups is 2. The molecule has 2 aromatic carbocycles. The highest BCUT2D eigenvalue weighted by atomic mass is 79.9. The number of benzene rings is 2. The summed E-state index contributed by atoms with van der Waals surface area (Å²) in [5.74, 6) is -0.176. The Kier molecular flexibility index (Phi) is 8.45. The molecule has 0 aliphatic rings. The Morgan fingerprint density at radius 2 is 1.69 bits per heavy atom. The predicted octanol–water partition coefficient (Wildman–Crippen LogP) is 4.94. The highest BCUT2D eigenvalue weighted by Crippen LogP contribution is 2.17. The van der Waals surface area contributed by atoms with Crippen LogP contribution in [0.4, 0.5) is 0 Å². The van der Waals surface area contributed by atoms with E-state index in [0.29, 0.717) is 6.54 Å². The third-order valence-electron chi connectivity index (χ3n) is 5.05. The number of amides is 2. The molecule has 0 aliphatic heterocycles. The Morgan fingerprint density at radius 3 is 2.28 bits per heavy atom. The molecule has 0 heterocycles. The van der Waals surface area contributed by atoms with Gasteiger partial charge >= 0.3 is 0 Å². The molecule has 0 saturated heterocycles. The molecule has 0 aromatic heterocycles. The first-order valence-corrected chi connectivity index (χ1v) is 10.9. The SMILES string of the molecule is CC[C@@H](C)NC(=O)[C@@H](C)N(Cc1cccc(Br)c1)C(=O)Cc1cc(C)cc(C)c1. The second-order valence-electron chi connectivity index (χ2n) is 7.82. The van der Waals surface area contributed by atoms with Gasteiger partial charge in [-0.2, -0.15) is 0 Å². The van der Waals surface area contributed by atoms with Crippen LogP contribution in [0.15, 0.2) is 46.9 Å². The number of rotatable bonds is 8. The van der Waals surface area contributed by atoms with E-state index in [2.05, 4.69) is 27.3 Å². The van der Waals surface area contributed by atoms with E-state index in [9.17, 15) is 9.59 Å². The Labute approximate surface area is 182 Å². The highest BCUT2D eigenvalue weighted by Gasteiger charge is 2.27. The van der Waals surface area contributed by atoms with Gasteiger partial charge in [-0.3, -0.25) is 9.59 Å². The molecule has 1 N–H and O–H groups in total. The summed E-state index contributed by atoms with van der Waals surface area (Å²) in [7, 11) is 0. The summed E-state index contributed by atoms with van der Waals surface area (Å²) in [4.78, 5) is 27.7. The Balaban J connectivity index is 2.26. The third-order valence-corrected chi connectivity index (χ3v) is 5.54. The van der Waals surface area contributed by atoms with Gasteiger partial charge in [-0.05, 0) is 57.4 Å². The summed E-state index contributed by atoms with van der Waals surface area (Å²) in [6.45, 7) is 10.2. The van der Waals surface area contributed by atoms with Gasteiger partial charge in [-0.15, -0.1) is 0 Å². The summed E-state index contributed by atoms with van der Waals surface area (Å²) in [5.41, 5.74) is 4.22. The van der Waals surface area contributed by atoms with Crippen LogP contribution in [-0.4, -0.2) is 28.8 Å². The summed E-state index contributed by atoms with van der Waals surface area (Å²) in [5, 5.41) is 3.00. The zero-order valence-electron chi connectivity index (χ0n) is 18.0. The van der Waals surface area contributed by atoms with Crippen LogP contribution in [-0.2, 0) is 22.6 Å². The summed E-state index contributed by atoms with van der Waals surface area (Å²) >= 11 is 3.48. The summed E-state index contributed by atoms with van der Waals surface area (Å²) in [6, 6.07) is 13.5. The van der Waals surface area contributed by atoms with E-state index < -0.39 is 6.04 Å². The van der Waals surface area contributed by atoms with Gasteiger partial charge in [0, 0.05) is 17.1 Å². The first kappa shape index (κ1) is 23.1. The molecule has 2 aromatic rings. The number of hydrogen-bond donors (Lipinski definition) is 1. The minimum atomic E-state index is -0.554. The molecule has 2 atom stereocenters. The van der Waals surface area contributed by atoms with Crippen molar-refractivity contribution in [3.63, 3.8) is 0 Å². The molecule has 0 radical (unpaired) electrons. The lowest BCUT2D eigenvalue weighted by atomic mass is 10.0. The molecule has 0 spiro atoms. The van der Waals surface area contributed by atoms with Gasteiger partial charge in [0.1, 0.15) is 6.04 Å². The second-order valence-corrected chi connectivity index (χ2v) is 8.73. The van der Waals surface area contributed by atoms with Crippen molar-refractivity contribution in [2.45, 2.75) is 66.1 Å². The van der Waals surface area contributed by atoms with E-state index in [0.717, 1.165) is 33.1 Å². The molecular weight excluding hydrogens is 428 g/mol. The molecule has 4 nitrogen and oxygen atoms in total. The van der Waals surface area contributed by atoms with Gasteiger partial charge in [0.2, 0.25) is 11.8 Å². The lowest BCUT2D eigenvalue weighted by Crippen LogP contribution is -2.49. The maximum absolute atomic E-state index is 13.3. The molecule has 2 rings (SSSR count). The number of hydrogen-bond acceptors (Lipinski definition) is 2. The van der Waals surface area contributed by atoms with Gasteiger partial charge in [-0.1, -0.05) is 64.3 Å². The lowest BCUT2D eigenvalue weighted by Gasteiger charge is -2.30. The summed E-state index contributed by atoms with van der Waals surface area (Å²) in [6.07, 6.45) is 1.12. The van der Waals surface area contributed by atoms with Crippen molar-refractivity contribution in [3.8, 4) is 0 Å². The minimum absolute atomic E-state index is 0.0539. The third kappa shape index (κ3) is 7.00. The minimum Gasteiger partial charge on any atom is -0.352 e. The number of carbonyl (C=O) groups excluding carboxylic acids is 2. The fraction of sp³-hybridized carbons (Fsp3) is 0.417. The number of nitrogens with zero attached hydrogens (tertiary/aromatic N) is 1. The van der Waals surface area contributed by atoms with Crippen molar-refractivity contribution in [1.82, 2.24) is 10.2 Å². The van der Waals surface area contributed by atoms with E-state index in [4.69, 9.17) is 0 Å². The first-order valence-electron chi connectivity index (χ1n) is 10.1. The Hall–Kier alpha value is -2.14. The van der Waals surface area contributed by atoms with Crippen molar-refractivity contribution < 1.29 is 9.59 Å². The van der Waals surface area contributed by atoms with Crippen molar-refractivity contribution in [2.75, 3.05) is 0 Å². The monoisotopic (exact) mass is 458 g/mol. The van der Waals surface area contributed by atoms with Gasteiger partial charge in [0.25, 0.3) is 0 Å². The van der Waals surface area contributed by atoms with Gasteiger partial charge in [0.15, 0.2) is 0 Å². The predicted molar refractivity (Wildman–Crippen MR) is 122 cm³/mol. The molecule has 0 unspecified atom stereocenters. The van der Waals surface area contributed by atoms with Gasteiger partial charge in [-0.25, -0.2) is 0 Å². The zero-order chi connectivity index (χ0) is 21.6. The van der Waals surface area contributed by atoms with E-state index in [-0.39, 0.29) is 24.3 Å². The molecule has 156 valence electrons. The Morgan fingerprint density at radius 1 is 1.03 bits per heavy atom. The van der Waals surface area contributed by atoms with E-state index in [1.807, 2.05) is 64.1 Å². The normalized spacial score (nSPS) is 12.9. The topological polar surface area (TPSA) is 49.4 Å². The lowest BCUT2D eigenvalue weighted by molar-refractivity contribution is -0.140. The Bertz CT molecular complexity index is 845. The van der Waals surface area contributed by atoms with Crippen molar-refractivity contribution in [3.05, 3.63) is 69.2 Å². The van der Waals surface area contributed by atoms with E-state index in [1.165, 1.54) is 0 Å². The van der Waals surface area contributed by atoms with E-state index >= 15 is 0 Å². The molecule has 29 heavy (non-hydrogen) atoms. The zero-order valence-corrected chi connectivity index (χ0v) is 19.5. The van der Waals surface area contributed by atoms with Crippen molar-refractivity contribution >= 4 is 27.7 Å². The van der Waals surface area contributed by atoms with Crippen LogP contribution in [0.1, 0.15) is 49.4 Å². The van der Waals surface area contributed by atoms with Crippen LogP contribution >= 0.6 is 15.9 Å². The fourth-order valence-corrected chi connectivity index (χ4v) is 3.77. The highest BCUT2D eigenvalue weighted by molar-refractivity contribution is 9.10. The first-order chi connectivity index (χ1) is 13.7. The van der Waals surface area contributed by atoms with Gasteiger partial charge in [0.05, 0.1) is 6.42 Å². The largest absolute Gasteiger partial charge is 0.352 e. The molecule has 0 aliphatic carbocycles. The molecule has 0 fully saturated rings. The molecule has 2 amide bonds. The number of aryl methyl sites for hydroxylation is 2. The van der Waals surface area contributed by atoms with Crippen molar-refractivity contribution in [1.29, 1.82) is 0 Å². The molecule has 0 saturated carbocycles. The van der Waals surface area contributed by atoms with Crippen LogP contribution in [0.3, 0.4) is 0 Å². The van der Waals surface area contributed by atoms with Crippen LogP contribution in [0.25, 0.3) is 0 Å². The number of halogens is 1. The standard InChI is InChI=1S/C24H31BrN2O2/c1-6-18(4)26-24(29)19(5)27(15-20-8-7-9-22(25)13-20)23(28)14-21-11-16(2)10-17(3)12-21/h7-13,18-19H,6,14-15H2,1-5H3,(H,26,29)/t18-,19-/m1/s1. The molecule has 0 bridgehead atoms. The summed E-state index contributed by atoms with van der Waals surface area (Å²) < 4.78 is 0.952. The average Bonchev–Trinajstić information content (AvgIpc) is 2.64. The van der Waals surface area contributed by atoms with Crippen LogP contribution in [0.5, 0.6) is 0 Å². The van der Waals surface area contributed by atoms with Crippen LogP contribution in [0, 0.1) is 13.8 Å². The fourth-order valence-electron chi connectivity index (χ4n) is 3.33. The van der Waals surface area contributed by atoms with E-state index in [1.54, 1.807) is 11.8 Å². The number of nitrogens with one attached hydrogen (secondary N) is 1. The van der Waals surface area contributed by atoms with Crippen LogP contribution in [0.2, 0.25) is 0 Å². The average molecular weight is 459 g/mol. The quantitative estimate of drug-likeness (QED) is 0.608. The molecule has 5 heteroatoms. The maximum atomic E-state index is 13.3.